The van der Waals surface area contributed by atoms with E-state index in [2.05, 4.69) is 5.32 Å². The molecule has 3 rings (SSSR count). The second kappa shape index (κ2) is 7.27. The van der Waals surface area contributed by atoms with Gasteiger partial charge in [-0.25, -0.2) is 13.6 Å². The zero-order valence-corrected chi connectivity index (χ0v) is 14.8. The molecular weight excluding hydrogens is 354 g/mol. The van der Waals surface area contributed by atoms with E-state index in [1.54, 1.807) is 23.1 Å². The first-order valence-corrected chi connectivity index (χ1v) is 9.68. The molecule has 2 aromatic carbocycles. The smallest absolute Gasteiger partial charge is 0.255 e. The number of primary sulfonamides is 1. The maximum absolute atomic E-state index is 12.4. The van der Waals surface area contributed by atoms with E-state index in [0.717, 1.165) is 18.5 Å². The minimum absolute atomic E-state index is 0.0206. The lowest BCUT2D eigenvalue weighted by molar-refractivity contribution is -0.128. The molecule has 136 valence electrons. The monoisotopic (exact) mass is 373 g/mol. The Balaban J connectivity index is 1.70. The van der Waals surface area contributed by atoms with Gasteiger partial charge in [0.15, 0.2) is 0 Å². The lowest BCUT2D eigenvalue weighted by atomic mass is 10.1. The molecule has 2 amide bonds. The number of amides is 2. The number of nitrogens with zero attached hydrogens (tertiary/aromatic N) is 1. The molecular formula is C18H19N3O4S. The Labute approximate surface area is 151 Å². The van der Waals surface area contributed by atoms with Gasteiger partial charge in [-0.1, -0.05) is 12.1 Å². The number of hydrogen-bond acceptors (Lipinski definition) is 4. The summed E-state index contributed by atoms with van der Waals surface area (Å²) in [6.07, 6.45) is 1.45. The number of carbonyl (C=O) groups excluding carboxylic acids is 2. The average Bonchev–Trinajstić information content (AvgIpc) is 2.99. The van der Waals surface area contributed by atoms with E-state index in [9.17, 15) is 18.0 Å². The van der Waals surface area contributed by atoms with Crippen molar-refractivity contribution in [2.75, 3.05) is 11.9 Å². The number of nitrogens with one attached hydrogen (secondary N) is 1. The number of anilines is 1. The first-order valence-electron chi connectivity index (χ1n) is 8.14. The molecule has 0 atom stereocenters. The van der Waals surface area contributed by atoms with Crippen molar-refractivity contribution in [3.05, 3.63) is 59.7 Å². The van der Waals surface area contributed by atoms with Gasteiger partial charge in [-0.15, -0.1) is 0 Å². The van der Waals surface area contributed by atoms with Crippen LogP contribution in [0.5, 0.6) is 0 Å². The highest BCUT2D eigenvalue weighted by Crippen LogP contribution is 2.17. The first kappa shape index (κ1) is 18.1. The second-order valence-electron chi connectivity index (χ2n) is 6.14. The third-order valence-corrected chi connectivity index (χ3v) is 5.10. The molecule has 0 saturated carbocycles. The number of carbonyl (C=O) groups is 2. The van der Waals surface area contributed by atoms with Gasteiger partial charge in [0.1, 0.15) is 0 Å². The Morgan fingerprint density at radius 2 is 1.88 bits per heavy atom. The molecule has 1 aliphatic heterocycles. The summed E-state index contributed by atoms with van der Waals surface area (Å²) in [5.41, 5.74) is 1.81. The average molecular weight is 373 g/mol. The van der Waals surface area contributed by atoms with E-state index in [1.807, 2.05) is 6.07 Å². The molecule has 3 N–H and O–H groups in total. The van der Waals surface area contributed by atoms with Crippen LogP contribution in [0.1, 0.15) is 28.8 Å². The summed E-state index contributed by atoms with van der Waals surface area (Å²) in [5, 5.41) is 7.76. The Kier molecular flexibility index (Phi) is 5.06. The SMILES string of the molecule is NS(=O)(=O)c1ccc(NC(=O)c2cccc(CN3CCCC3=O)c2)cc1. The Bertz CT molecular complexity index is 939. The lowest BCUT2D eigenvalue weighted by Gasteiger charge is -2.16. The number of benzene rings is 2. The Morgan fingerprint density at radius 3 is 2.50 bits per heavy atom. The molecule has 1 heterocycles. The number of likely N-dealkylation sites (tertiary alicyclic amines) is 1. The third kappa shape index (κ3) is 4.27. The van der Waals surface area contributed by atoms with Crippen molar-refractivity contribution >= 4 is 27.5 Å². The van der Waals surface area contributed by atoms with Gasteiger partial charge in [-0.3, -0.25) is 9.59 Å². The third-order valence-electron chi connectivity index (χ3n) is 4.17. The molecule has 7 nitrogen and oxygen atoms in total. The van der Waals surface area contributed by atoms with Gasteiger partial charge in [0.2, 0.25) is 15.9 Å². The number of sulfonamides is 1. The standard InChI is InChI=1S/C18H19N3O4S/c19-26(24,25)16-8-6-15(7-9-16)20-18(23)14-4-1-3-13(11-14)12-21-10-2-5-17(21)22/h1,3-4,6-9,11H,2,5,10,12H2,(H,20,23)(H2,19,24,25). The van der Waals surface area contributed by atoms with Crippen LogP contribution in [0.2, 0.25) is 0 Å². The van der Waals surface area contributed by atoms with E-state index in [0.29, 0.717) is 24.2 Å². The van der Waals surface area contributed by atoms with Crippen LogP contribution in [0, 0.1) is 0 Å². The van der Waals surface area contributed by atoms with Crippen molar-refractivity contribution in [1.29, 1.82) is 0 Å². The van der Waals surface area contributed by atoms with Gasteiger partial charge in [0.25, 0.3) is 5.91 Å². The molecule has 0 spiro atoms. The highest BCUT2D eigenvalue weighted by molar-refractivity contribution is 7.89. The summed E-state index contributed by atoms with van der Waals surface area (Å²) in [5.74, 6) is -0.183. The van der Waals surface area contributed by atoms with Crippen molar-refractivity contribution in [2.24, 2.45) is 5.14 Å². The predicted octanol–water partition coefficient (Wildman–Crippen LogP) is 1.71. The van der Waals surface area contributed by atoms with Crippen LogP contribution in [-0.4, -0.2) is 31.7 Å². The summed E-state index contributed by atoms with van der Waals surface area (Å²) in [7, 11) is -3.77. The molecule has 0 aliphatic carbocycles. The highest BCUT2D eigenvalue weighted by Gasteiger charge is 2.20. The molecule has 8 heteroatoms. The topological polar surface area (TPSA) is 110 Å². The zero-order valence-electron chi connectivity index (χ0n) is 14.0. The number of hydrogen-bond donors (Lipinski definition) is 2. The molecule has 0 aromatic heterocycles. The van der Waals surface area contributed by atoms with Crippen LogP contribution in [0.4, 0.5) is 5.69 Å². The van der Waals surface area contributed by atoms with Gasteiger partial charge in [0.05, 0.1) is 4.90 Å². The number of rotatable bonds is 5. The largest absolute Gasteiger partial charge is 0.338 e. The maximum Gasteiger partial charge on any atom is 0.255 e. The lowest BCUT2D eigenvalue weighted by Crippen LogP contribution is -2.24. The second-order valence-corrected chi connectivity index (χ2v) is 7.70. The molecule has 1 aliphatic rings. The van der Waals surface area contributed by atoms with E-state index in [-0.39, 0.29) is 16.7 Å². The van der Waals surface area contributed by atoms with Gasteiger partial charge < -0.3 is 10.2 Å². The quantitative estimate of drug-likeness (QED) is 0.831. The first-order chi connectivity index (χ1) is 12.3. The molecule has 0 unspecified atom stereocenters. The summed E-state index contributed by atoms with van der Waals surface area (Å²) in [6, 6.07) is 12.7. The van der Waals surface area contributed by atoms with E-state index >= 15 is 0 Å². The maximum atomic E-state index is 12.4. The molecule has 0 bridgehead atoms. The summed E-state index contributed by atoms with van der Waals surface area (Å²) >= 11 is 0. The molecule has 1 saturated heterocycles. The van der Waals surface area contributed by atoms with Gasteiger partial charge in [-0.2, -0.15) is 0 Å². The van der Waals surface area contributed by atoms with Crippen molar-refractivity contribution in [3.63, 3.8) is 0 Å². The summed E-state index contributed by atoms with van der Waals surface area (Å²) in [6.45, 7) is 1.23. The van der Waals surface area contributed by atoms with Crippen LogP contribution in [0.25, 0.3) is 0 Å². The van der Waals surface area contributed by atoms with Crippen molar-refractivity contribution in [3.8, 4) is 0 Å². The van der Waals surface area contributed by atoms with Crippen LogP contribution in [-0.2, 0) is 21.4 Å². The van der Waals surface area contributed by atoms with Gasteiger partial charge in [-0.05, 0) is 48.4 Å². The molecule has 2 aromatic rings. The van der Waals surface area contributed by atoms with Crippen LogP contribution < -0.4 is 10.5 Å². The van der Waals surface area contributed by atoms with Crippen LogP contribution >= 0.6 is 0 Å². The summed E-state index contributed by atoms with van der Waals surface area (Å²) < 4.78 is 22.5. The van der Waals surface area contributed by atoms with Crippen LogP contribution in [0.15, 0.2) is 53.4 Å². The van der Waals surface area contributed by atoms with Crippen molar-refractivity contribution in [1.82, 2.24) is 4.90 Å². The molecule has 1 fully saturated rings. The zero-order chi connectivity index (χ0) is 18.7. The predicted molar refractivity (Wildman–Crippen MR) is 96.9 cm³/mol. The number of nitrogens with two attached hydrogens (primary N) is 1. The minimum atomic E-state index is -3.77. The molecule has 26 heavy (non-hydrogen) atoms. The van der Waals surface area contributed by atoms with E-state index in [1.165, 1.54) is 24.3 Å². The van der Waals surface area contributed by atoms with Gasteiger partial charge in [0, 0.05) is 30.8 Å². The minimum Gasteiger partial charge on any atom is -0.338 e. The van der Waals surface area contributed by atoms with Crippen LogP contribution in [0.3, 0.4) is 0 Å². The Hall–Kier alpha value is -2.71. The fraction of sp³-hybridized carbons (Fsp3) is 0.222. The highest BCUT2D eigenvalue weighted by atomic mass is 32.2. The molecule has 0 radical (unpaired) electrons. The van der Waals surface area contributed by atoms with E-state index in [4.69, 9.17) is 5.14 Å². The van der Waals surface area contributed by atoms with E-state index < -0.39 is 10.0 Å². The fourth-order valence-electron chi connectivity index (χ4n) is 2.83. The Morgan fingerprint density at radius 1 is 1.15 bits per heavy atom. The van der Waals surface area contributed by atoms with Crippen molar-refractivity contribution in [2.45, 2.75) is 24.3 Å². The fourth-order valence-corrected chi connectivity index (χ4v) is 3.35. The van der Waals surface area contributed by atoms with Crippen molar-refractivity contribution < 1.29 is 18.0 Å². The summed E-state index contributed by atoms with van der Waals surface area (Å²) in [4.78, 5) is 25.9. The van der Waals surface area contributed by atoms with Gasteiger partial charge >= 0.3 is 0 Å². The normalized spacial score (nSPS) is 14.5.